The Morgan fingerprint density at radius 1 is 1.19 bits per heavy atom. The number of aromatic nitrogens is 2. The Hall–Kier alpha value is -1.69. The number of aryl methyl sites for hydroxylation is 1. The van der Waals surface area contributed by atoms with Crippen LogP contribution in [-0.4, -0.2) is 39.8 Å². The molecule has 0 bridgehead atoms. The second-order valence-corrected chi connectivity index (χ2v) is 5.83. The van der Waals surface area contributed by atoms with Gasteiger partial charge < -0.3 is 15.2 Å². The van der Waals surface area contributed by atoms with Gasteiger partial charge in [0, 0.05) is 37.3 Å². The number of carboxylic acids is 1. The monoisotopic (exact) mass is 291 g/mol. The predicted octanol–water partition coefficient (Wildman–Crippen LogP) is 1.79. The lowest BCUT2D eigenvalue weighted by atomic mass is 9.89. The second kappa shape index (κ2) is 5.97. The van der Waals surface area contributed by atoms with Gasteiger partial charge in [-0.15, -0.1) is 0 Å². The van der Waals surface area contributed by atoms with Crippen molar-refractivity contribution >= 4 is 11.8 Å². The molecule has 2 N–H and O–H groups in total. The van der Waals surface area contributed by atoms with Crippen LogP contribution in [0.25, 0.3) is 0 Å². The maximum atomic E-state index is 11.8. The molecule has 2 aliphatic rings. The first-order valence-corrected chi connectivity index (χ1v) is 7.63. The molecule has 2 heterocycles. The maximum Gasteiger partial charge on any atom is 0.329 e. The number of nitrogens with one attached hydrogen (secondary N) is 1. The van der Waals surface area contributed by atoms with Crippen molar-refractivity contribution in [2.75, 3.05) is 18.5 Å². The molecule has 6 heteroatoms. The molecule has 0 saturated carbocycles. The van der Waals surface area contributed by atoms with Crippen LogP contribution < -0.4 is 5.32 Å². The van der Waals surface area contributed by atoms with E-state index in [2.05, 4.69) is 15.3 Å². The van der Waals surface area contributed by atoms with E-state index in [0.717, 1.165) is 36.9 Å². The van der Waals surface area contributed by atoms with Gasteiger partial charge in [0.2, 0.25) is 0 Å². The molecule has 114 valence electrons. The van der Waals surface area contributed by atoms with Crippen molar-refractivity contribution < 1.29 is 14.6 Å². The van der Waals surface area contributed by atoms with E-state index in [1.165, 1.54) is 6.42 Å². The molecule has 1 aliphatic heterocycles. The molecule has 1 fully saturated rings. The molecule has 0 amide bonds. The standard InChI is InChI=1S/C15H21N3O3/c19-14(20)15(6-8-21-9-7-15)18-13-11-4-2-1-3-5-12(11)16-10-17-13/h10H,1-9H2,(H,19,20)(H,16,17,18). The molecule has 1 saturated heterocycles. The zero-order valence-corrected chi connectivity index (χ0v) is 12.1. The topological polar surface area (TPSA) is 84.3 Å². The summed E-state index contributed by atoms with van der Waals surface area (Å²) in [6.07, 6.45) is 7.78. The van der Waals surface area contributed by atoms with Crippen molar-refractivity contribution in [1.82, 2.24) is 9.97 Å². The number of carbonyl (C=O) groups is 1. The van der Waals surface area contributed by atoms with Crippen molar-refractivity contribution in [2.45, 2.75) is 50.5 Å². The highest BCUT2D eigenvalue weighted by molar-refractivity contribution is 5.83. The summed E-state index contributed by atoms with van der Waals surface area (Å²) >= 11 is 0. The highest BCUT2D eigenvalue weighted by Gasteiger charge is 2.41. The largest absolute Gasteiger partial charge is 0.480 e. The summed E-state index contributed by atoms with van der Waals surface area (Å²) < 4.78 is 5.31. The first kappa shape index (κ1) is 14.3. The highest BCUT2D eigenvalue weighted by Crippen LogP contribution is 2.30. The molecule has 0 unspecified atom stereocenters. The van der Waals surface area contributed by atoms with Gasteiger partial charge in [0.15, 0.2) is 0 Å². The van der Waals surface area contributed by atoms with Crippen LogP contribution in [0.5, 0.6) is 0 Å². The molecule has 1 aliphatic carbocycles. The van der Waals surface area contributed by atoms with Gasteiger partial charge in [0.05, 0.1) is 0 Å². The van der Waals surface area contributed by atoms with E-state index in [0.29, 0.717) is 31.9 Å². The Balaban J connectivity index is 1.91. The zero-order valence-electron chi connectivity index (χ0n) is 12.1. The average Bonchev–Trinajstić information content (AvgIpc) is 2.74. The Kier molecular flexibility index (Phi) is 4.05. The third-order valence-corrected chi connectivity index (χ3v) is 4.49. The molecule has 21 heavy (non-hydrogen) atoms. The quantitative estimate of drug-likeness (QED) is 0.826. The SMILES string of the molecule is O=C(O)C1(Nc2ncnc3c2CCCCC3)CCOCC1. The second-order valence-electron chi connectivity index (χ2n) is 5.83. The maximum absolute atomic E-state index is 11.8. The minimum Gasteiger partial charge on any atom is -0.480 e. The van der Waals surface area contributed by atoms with Crippen LogP contribution in [0.1, 0.15) is 43.4 Å². The highest BCUT2D eigenvalue weighted by atomic mass is 16.5. The summed E-state index contributed by atoms with van der Waals surface area (Å²) in [5, 5.41) is 12.9. The summed E-state index contributed by atoms with van der Waals surface area (Å²) in [5.74, 6) is -0.127. The normalized spacial score (nSPS) is 21.1. The van der Waals surface area contributed by atoms with Crippen molar-refractivity contribution in [3.8, 4) is 0 Å². The fourth-order valence-electron chi connectivity index (χ4n) is 3.14. The Morgan fingerprint density at radius 3 is 2.71 bits per heavy atom. The Morgan fingerprint density at radius 2 is 1.95 bits per heavy atom. The number of carboxylic acid groups (broad SMARTS) is 1. The minimum atomic E-state index is -0.966. The van der Waals surface area contributed by atoms with Gasteiger partial charge in [-0.2, -0.15) is 0 Å². The third-order valence-electron chi connectivity index (χ3n) is 4.49. The fourth-order valence-corrected chi connectivity index (χ4v) is 3.14. The number of hydrogen-bond acceptors (Lipinski definition) is 5. The summed E-state index contributed by atoms with van der Waals surface area (Å²) in [4.78, 5) is 20.5. The minimum absolute atomic E-state index is 0.459. The molecule has 6 nitrogen and oxygen atoms in total. The van der Waals surface area contributed by atoms with Crippen LogP contribution in [0.4, 0.5) is 5.82 Å². The molecule has 0 atom stereocenters. The fraction of sp³-hybridized carbons (Fsp3) is 0.667. The molecule has 0 aromatic carbocycles. The number of nitrogens with zero attached hydrogens (tertiary/aromatic N) is 2. The van der Waals surface area contributed by atoms with Crippen LogP contribution in [0.15, 0.2) is 6.33 Å². The molecule has 1 aromatic rings. The molecular formula is C15H21N3O3. The van der Waals surface area contributed by atoms with Crippen LogP contribution in [0.3, 0.4) is 0 Å². The summed E-state index contributed by atoms with van der Waals surface area (Å²) in [6.45, 7) is 0.930. The van der Waals surface area contributed by atoms with Gasteiger partial charge in [-0.3, -0.25) is 0 Å². The lowest BCUT2D eigenvalue weighted by Crippen LogP contribution is -2.51. The molecule has 1 aromatic heterocycles. The Bertz CT molecular complexity index is 527. The van der Waals surface area contributed by atoms with E-state index in [1.54, 1.807) is 6.33 Å². The lowest BCUT2D eigenvalue weighted by Gasteiger charge is -2.35. The summed E-state index contributed by atoms with van der Waals surface area (Å²) in [7, 11) is 0. The van der Waals surface area contributed by atoms with E-state index in [9.17, 15) is 9.90 Å². The van der Waals surface area contributed by atoms with Crippen molar-refractivity contribution in [3.63, 3.8) is 0 Å². The van der Waals surface area contributed by atoms with E-state index in [4.69, 9.17) is 4.74 Å². The number of aliphatic carboxylic acids is 1. The van der Waals surface area contributed by atoms with Crippen LogP contribution in [-0.2, 0) is 22.4 Å². The van der Waals surface area contributed by atoms with Crippen LogP contribution in [0.2, 0.25) is 0 Å². The van der Waals surface area contributed by atoms with E-state index in [1.807, 2.05) is 0 Å². The molecule has 0 radical (unpaired) electrons. The van der Waals surface area contributed by atoms with Crippen LogP contribution in [0, 0.1) is 0 Å². The first-order chi connectivity index (χ1) is 10.2. The number of rotatable bonds is 3. The van der Waals surface area contributed by atoms with Gasteiger partial charge in [0.25, 0.3) is 0 Å². The van der Waals surface area contributed by atoms with Gasteiger partial charge in [0.1, 0.15) is 17.7 Å². The number of hydrogen-bond donors (Lipinski definition) is 2. The van der Waals surface area contributed by atoms with Crippen molar-refractivity contribution in [2.24, 2.45) is 0 Å². The third kappa shape index (κ3) is 2.85. The van der Waals surface area contributed by atoms with Gasteiger partial charge in [-0.25, -0.2) is 14.8 Å². The van der Waals surface area contributed by atoms with E-state index in [-0.39, 0.29) is 0 Å². The zero-order chi connectivity index (χ0) is 14.7. The van der Waals surface area contributed by atoms with Gasteiger partial charge >= 0.3 is 5.97 Å². The predicted molar refractivity (Wildman–Crippen MR) is 77.3 cm³/mol. The number of anilines is 1. The van der Waals surface area contributed by atoms with Crippen LogP contribution >= 0.6 is 0 Å². The lowest BCUT2D eigenvalue weighted by molar-refractivity contribution is -0.145. The van der Waals surface area contributed by atoms with E-state index < -0.39 is 11.5 Å². The molecule has 0 spiro atoms. The first-order valence-electron chi connectivity index (χ1n) is 7.63. The van der Waals surface area contributed by atoms with Crippen molar-refractivity contribution in [1.29, 1.82) is 0 Å². The molecular weight excluding hydrogens is 270 g/mol. The smallest absolute Gasteiger partial charge is 0.329 e. The van der Waals surface area contributed by atoms with Crippen molar-refractivity contribution in [3.05, 3.63) is 17.6 Å². The number of ether oxygens (including phenoxy) is 1. The van der Waals surface area contributed by atoms with E-state index >= 15 is 0 Å². The van der Waals surface area contributed by atoms with Gasteiger partial charge in [-0.1, -0.05) is 6.42 Å². The van der Waals surface area contributed by atoms with Gasteiger partial charge in [-0.05, 0) is 25.7 Å². The average molecular weight is 291 g/mol. The Labute approximate surface area is 123 Å². The number of fused-ring (bicyclic) bond motifs is 1. The summed E-state index contributed by atoms with van der Waals surface area (Å²) in [5.41, 5.74) is 1.20. The summed E-state index contributed by atoms with van der Waals surface area (Å²) in [6, 6.07) is 0. The molecule has 3 rings (SSSR count).